The zero-order chi connectivity index (χ0) is 16.0. The quantitative estimate of drug-likeness (QED) is 0.797. The maximum Gasteiger partial charge on any atom is 0.315 e. The van der Waals surface area contributed by atoms with E-state index in [1.807, 2.05) is 13.0 Å². The fraction of sp³-hybridized carbons (Fsp3) is 0.529. The second-order valence-corrected chi connectivity index (χ2v) is 6.26. The van der Waals surface area contributed by atoms with E-state index >= 15 is 0 Å². The lowest BCUT2D eigenvalue weighted by atomic mass is 9.73. The van der Waals surface area contributed by atoms with E-state index in [1.54, 1.807) is 18.2 Å². The van der Waals surface area contributed by atoms with Gasteiger partial charge in [-0.2, -0.15) is 5.26 Å². The summed E-state index contributed by atoms with van der Waals surface area (Å²) in [5.41, 5.74) is 1.23. The van der Waals surface area contributed by atoms with Crippen LogP contribution < -0.4 is 10.6 Å². The highest BCUT2D eigenvalue weighted by Gasteiger charge is 2.35. The maximum atomic E-state index is 11.9. The molecule has 2 atom stereocenters. The molecule has 0 bridgehead atoms. The molecule has 118 valence electrons. The van der Waals surface area contributed by atoms with Gasteiger partial charge in [-0.05, 0) is 30.5 Å². The van der Waals surface area contributed by atoms with Gasteiger partial charge in [0.05, 0.1) is 17.7 Å². The number of amides is 2. The third-order valence-electron chi connectivity index (χ3n) is 4.44. The van der Waals surface area contributed by atoms with Gasteiger partial charge in [0.2, 0.25) is 0 Å². The van der Waals surface area contributed by atoms with E-state index < -0.39 is 0 Å². The van der Waals surface area contributed by atoms with Crippen molar-refractivity contribution >= 4 is 6.03 Å². The average Bonchev–Trinajstić information content (AvgIpc) is 2.54. The molecule has 0 saturated heterocycles. The Labute approximate surface area is 131 Å². The van der Waals surface area contributed by atoms with Crippen molar-refractivity contribution in [2.24, 2.45) is 5.41 Å². The number of nitriles is 1. The Morgan fingerprint density at radius 2 is 2.27 bits per heavy atom. The molecule has 2 rings (SSSR count). The van der Waals surface area contributed by atoms with Gasteiger partial charge in [-0.1, -0.05) is 31.9 Å². The van der Waals surface area contributed by atoms with Gasteiger partial charge in [0.15, 0.2) is 0 Å². The lowest BCUT2D eigenvalue weighted by Gasteiger charge is -2.38. The molecule has 1 aromatic rings. The van der Waals surface area contributed by atoms with Gasteiger partial charge in [-0.3, -0.25) is 0 Å². The van der Waals surface area contributed by atoms with Crippen LogP contribution in [0, 0.1) is 16.7 Å². The Bertz CT molecular complexity index is 567. The van der Waals surface area contributed by atoms with Crippen molar-refractivity contribution in [2.45, 2.75) is 45.3 Å². The fourth-order valence-electron chi connectivity index (χ4n) is 2.87. The number of carbonyl (C=O) groups excluding carboxylic acids is 1. The molecule has 1 saturated carbocycles. The van der Waals surface area contributed by atoms with Gasteiger partial charge in [-0.15, -0.1) is 0 Å². The highest BCUT2D eigenvalue weighted by atomic mass is 16.3. The van der Waals surface area contributed by atoms with Gasteiger partial charge in [-0.25, -0.2) is 4.79 Å². The third-order valence-corrected chi connectivity index (χ3v) is 4.44. The number of aliphatic hydroxyl groups excluding tert-OH is 1. The van der Waals surface area contributed by atoms with Crippen LogP contribution in [0.4, 0.5) is 4.79 Å². The van der Waals surface area contributed by atoms with E-state index in [1.165, 1.54) is 0 Å². The molecule has 0 heterocycles. The zero-order valence-corrected chi connectivity index (χ0v) is 12.9. The molecule has 5 nitrogen and oxygen atoms in total. The number of nitrogens with zero attached hydrogens (tertiary/aromatic N) is 1. The van der Waals surface area contributed by atoms with Crippen molar-refractivity contribution in [2.75, 3.05) is 6.54 Å². The summed E-state index contributed by atoms with van der Waals surface area (Å²) in [4.78, 5) is 11.9. The smallest absolute Gasteiger partial charge is 0.315 e. The summed E-state index contributed by atoms with van der Waals surface area (Å²) in [6, 6.07) is 8.98. The first kappa shape index (κ1) is 16.3. The summed E-state index contributed by atoms with van der Waals surface area (Å²) in [5, 5.41) is 24.6. The Hall–Kier alpha value is -2.06. The van der Waals surface area contributed by atoms with E-state index in [0.29, 0.717) is 18.7 Å². The first-order chi connectivity index (χ1) is 10.5. The van der Waals surface area contributed by atoms with Crippen molar-refractivity contribution in [3.63, 3.8) is 0 Å². The highest BCUT2D eigenvalue weighted by Crippen LogP contribution is 2.35. The molecule has 0 radical (unpaired) electrons. The minimum atomic E-state index is -0.353. The molecule has 5 heteroatoms. The maximum absolute atomic E-state index is 11.9. The molecule has 1 aliphatic carbocycles. The molecule has 1 fully saturated rings. The van der Waals surface area contributed by atoms with Crippen LogP contribution >= 0.6 is 0 Å². The van der Waals surface area contributed by atoms with Crippen LogP contribution in [0.3, 0.4) is 0 Å². The standard InChI is InChI=1S/C17H23N3O2/c1-17(8-3-2-7-15(17)21)12-20-16(22)19-11-14-6-4-5-13(9-14)10-18/h4-6,9,15,21H,2-3,7-8,11-12H2,1H3,(H2,19,20,22)/t15-,17+/m1/s1. The van der Waals surface area contributed by atoms with Crippen LogP contribution in [0.2, 0.25) is 0 Å². The SMILES string of the molecule is C[C@@]1(CNC(=O)NCc2cccc(C#N)c2)CCCC[C@H]1O. The number of hydrogen-bond donors (Lipinski definition) is 3. The van der Waals surface area contributed by atoms with Gasteiger partial charge in [0.25, 0.3) is 0 Å². The lowest BCUT2D eigenvalue weighted by Crippen LogP contribution is -2.47. The average molecular weight is 301 g/mol. The van der Waals surface area contributed by atoms with Crippen molar-refractivity contribution in [1.29, 1.82) is 5.26 Å². The first-order valence-corrected chi connectivity index (χ1v) is 7.72. The molecule has 0 spiro atoms. The number of urea groups is 1. The minimum Gasteiger partial charge on any atom is -0.392 e. The van der Waals surface area contributed by atoms with Crippen LogP contribution in [-0.4, -0.2) is 23.8 Å². The molecular weight excluding hydrogens is 278 g/mol. The molecular formula is C17H23N3O2. The van der Waals surface area contributed by atoms with E-state index in [4.69, 9.17) is 5.26 Å². The molecule has 1 aliphatic rings. The van der Waals surface area contributed by atoms with Gasteiger partial charge in [0.1, 0.15) is 0 Å². The molecule has 1 aromatic carbocycles. The normalized spacial score (nSPS) is 24.3. The summed E-state index contributed by atoms with van der Waals surface area (Å²) in [6.45, 7) is 2.87. The van der Waals surface area contributed by atoms with Crippen molar-refractivity contribution < 1.29 is 9.90 Å². The molecule has 0 aromatic heterocycles. The molecule has 3 N–H and O–H groups in total. The van der Waals surface area contributed by atoms with Gasteiger partial charge < -0.3 is 15.7 Å². The second kappa shape index (κ2) is 7.28. The number of carbonyl (C=O) groups is 1. The summed E-state index contributed by atoms with van der Waals surface area (Å²) in [5.74, 6) is 0. The summed E-state index contributed by atoms with van der Waals surface area (Å²) in [7, 11) is 0. The van der Waals surface area contributed by atoms with E-state index in [2.05, 4.69) is 16.7 Å². The zero-order valence-electron chi connectivity index (χ0n) is 12.9. The Balaban J connectivity index is 1.79. The monoisotopic (exact) mass is 301 g/mol. The number of nitrogens with one attached hydrogen (secondary N) is 2. The molecule has 0 aliphatic heterocycles. The number of hydrogen-bond acceptors (Lipinski definition) is 3. The van der Waals surface area contributed by atoms with Gasteiger partial charge >= 0.3 is 6.03 Å². The molecule has 22 heavy (non-hydrogen) atoms. The van der Waals surface area contributed by atoms with Crippen molar-refractivity contribution in [3.8, 4) is 6.07 Å². The third kappa shape index (κ3) is 4.22. The number of rotatable bonds is 4. The summed E-state index contributed by atoms with van der Waals surface area (Å²) in [6.07, 6.45) is 3.53. The molecule has 2 amide bonds. The fourth-order valence-corrected chi connectivity index (χ4v) is 2.87. The van der Waals surface area contributed by atoms with Crippen LogP contribution in [0.5, 0.6) is 0 Å². The highest BCUT2D eigenvalue weighted by molar-refractivity contribution is 5.73. The van der Waals surface area contributed by atoms with Crippen LogP contribution in [0.15, 0.2) is 24.3 Å². The van der Waals surface area contributed by atoms with E-state index in [0.717, 1.165) is 31.2 Å². The summed E-state index contributed by atoms with van der Waals surface area (Å²) >= 11 is 0. The summed E-state index contributed by atoms with van der Waals surface area (Å²) < 4.78 is 0. The topological polar surface area (TPSA) is 85.2 Å². The minimum absolute atomic E-state index is 0.240. The van der Waals surface area contributed by atoms with Crippen LogP contribution in [0.1, 0.15) is 43.7 Å². The largest absolute Gasteiger partial charge is 0.392 e. The van der Waals surface area contributed by atoms with Gasteiger partial charge in [0, 0.05) is 18.5 Å². The van der Waals surface area contributed by atoms with Crippen LogP contribution in [0.25, 0.3) is 0 Å². The van der Waals surface area contributed by atoms with E-state index in [9.17, 15) is 9.90 Å². The number of benzene rings is 1. The molecule has 0 unspecified atom stereocenters. The Morgan fingerprint density at radius 1 is 1.45 bits per heavy atom. The number of aliphatic hydroxyl groups is 1. The Kier molecular flexibility index (Phi) is 5.40. The van der Waals surface area contributed by atoms with Crippen LogP contribution in [-0.2, 0) is 6.54 Å². The lowest BCUT2D eigenvalue weighted by molar-refractivity contribution is 0.00309. The predicted octanol–water partition coefficient (Wildman–Crippen LogP) is 2.30. The van der Waals surface area contributed by atoms with Crippen molar-refractivity contribution in [1.82, 2.24) is 10.6 Å². The van der Waals surface area contributed by atoms with E-state index in [-0.39, 0.29) is 17.6 Å². The second-order valence-electron chi connectivity index (χ2n) is 6.26. The van der Waals surface area contributed by atoms with Crippen molar-refractivity contribution in [3.05, 3.63) is 35.4 Å². The Morgan fingerprint density at radius 3 is 3.00 bits per heavy atom. The predicted molar refractivity (Wildman–Crippen MR) is 84.0 cm³/mol. The first-order valence-electron chi connectivity index (χ1n) is 7.72.